The minimum atomic E-state index is -1.31. The molecule has 6 fully saturated rings. The van der Waals surface area contributed by atoms with Crippen LogP contribution in [0.5, 0.6) is 0 Å². The van der Waals surface area contributed by atoms with E-state index in [0.29, 0.717) is 39.0 Å². The molecular weight excluding hydrogens is 482 g/mol. The monoisotopic (exact) mass is 525 g/mol. The highest BCUT2D eigenvalue weighted by Gasteiger charge is 2.90. The molecule has 5 aliphatic carbocycles. The predicted molar refractivity (Wildman–Crippen MR) is 129 cm³/mol. The van der Waals surface area contributed by atoms with E-state index in [1.165, 1.54) is 14.0 Å². The molecule has 7 bridgehead atoms. The number of ether oxygens (including phenoxy) is 5. The van der Waals surface area contributed by atoms with Gasteiger partial charge in [0.2, 0.25) is 0 Å². The minimum Gasteiger partial charge on any atom is -0.456 e. The van der Waals surface area contributed by atoms with Gasteiger partial charge in [-0.15, -0.1) is 0 Å². The number of hydrogen-bond donors (Lipinski definition) is 3. The summed E-state index contributed by atoms with van der Waals surface area (Å²) in [6, 6.07) is -0.150. The van der Waals surface area contributed by atoms with Crippen molar-refractivity contribution >= 4 is 5.97 Å². The number of carbonyl (C=O) groups is 1. The second kappa shape index (κ2) is 8.33. The zero-order valence-corrected chi connectivity index (χ0v) is 22.8. The van der Waals surface area contributed by atoms with Crippen LogP contribution in [-0.2, 0) is 28.5 Å². The van der Waals surface area contributed by atoms with E-state index in [1.807, 2.05) is 0 Å². The van der Waals surface area contributed by atoms with Crippen molar-refractivity contribution in [1.82, 2.24) is 4.90 Å². The van der Waals surface area contributed by atoms with Crippen LogP contribution < -0.4 is 0 Å². The minimum absolute atomic E-state index is 0.150. The number of rotatable bonds is 7. The molecule has 1 saturated heterocycles. The highest BCUT2D eigenvalue weighted by molar-refractivity contribution is 5.67. The van der Waals surface area contributed by atoms with E-state index in [-0.39, 0.29) is 29.9 Å². The number of hydrogen-bond acceptors (Lipinski definition) is 10. The van der Waals surface area contributed by atoms with Crippen LogP contribution in [0.3, 0.4) is 0 Å². The zero-order chi connectivity index (χ0) is 26.7. The molecule has 5 saturated carbocycles. The van der Waals surface area contributed by atoms with Crippen molar-refractivity contribution in [3.63, 3.8) is 0 Å². The summed E-state index contributed by atoms with van der Waals surface area (Å²) in [4.78, 5) is 15.2. The second-order valence-corrected chi connectivity index (χ2v) is 12.6. The lowest BCUT2D eigenvalue weighted by atomic mass is 9.42. The van der Waals surface area contributed by atoms with Crippen LogP contribution >= 0.6 is 0 Å². The van der Waals surface area contributed by atoms with Crippen LogP contribution in [0.2, 0.25) is 0 Å². The molecule has 3 N–H and O–H groups in total. The number of aliphatic hydroxyl groups is 3. The molecule has 6 aliphatic rings. The third-order valence-electron chi connectivity index (χ3n) is 11.8. The third kappa shape index (κ3) is 2.72. The van der Waals surface area contributed by atoms with Crippen LogP contribution in [0.4, 0.5) is 0 Å². The fourth-order valence-corrected chi connectivity index (χ4v) is 11.4. The van der Waals surface area contributed by atoms with Crippen LogP contribution in [0.25, 0.3) is 0 Å². The van der Waals surface area contributed by atoms with Crippen molar-refractivity contribution in [2.75, 3.05) is 48.1 Å². The number of methoxy groups -OCH3 is 4. The first-order chi connectivity index (χ1) is 17.6. The summed E-state index contributed by atoms with van der Waals surface area (Å²) in [6.07, 6.45) is -2.38. The Hall–Kier alpha value is -0.850. The molecule has 37 heavy (non-hydrogen) atoms. The van der Waals surface area contributed by atoms with Gasteiger partial charge in [0.25, 0.3) is 0 Å². The van der Waals surface area contributed by atoms with Crippen molar-refractivity contribution in [3.05, 3.63) is 0 Å². The number of nitrogens with zero attached hydrogens (tertiary/aromatic N) is 1. The van der Waals surface area contributed by atoms with Crippen LogP contribution in [0, 0.1) is 34.5 Å². The molecule has 10 heteroatoms. The van der Waals surface area contributed by atoms with Crippen molar-refractivity contribution in [3.8, 4) is 0 Å². The average molecular weight is 526 g/mol. The van der Waals surface area contributed by atoms with E-state index >= 15 is 0 Å². The third-order valence-corrected chi connectivity index (χ3v) is 11.8. The molecule has 0 aromatic rings. The quantitative estimate of drug-likeness (QED) is 0.385. The molecule has 1 aliphatic heterocycles. The normalized spacial score (nSPS) is 57.4. The van der Waals surface area contributed by atoms with Crippen molar-refractivity contribution in [1.29, 1.82) is 0 Å². The Bertz CT molecular complexity index is 951. The number of fused-ring (bicyclic) bond motifs is 2. The predicted octanol–water partition coefficient (Wildman–Crippen LogP) is -0.187. The Morgan fingerprint density at radius 2 is 1.76 bits per heavy atom. The molecule has 0 radical (unpaired) electrons. The summed E-state index contributed by atoms with van der Waals surface area (Å²) in [7, 11) is 6.54. The summed E-state index contributed by atoms with van der Waals surface area (Å²) in [5.41, 5.74) is -3.73. The van der Waals surface area contributed by atoms with E-state index in [4.69, 9.17) is 23.7 Å². The Morgan fingerprint density at radius 1 is 1.05 bits per heavy atom. The maximum absolute atomic E-state index is 12.8. The maximum atomic E-state index is 12.8. The smallest absolute Gasteiger partial charge is 0.303 e. The van der Waals surface area contributed by atoms with Gasteiger partial charge in [-0.2, -0.15) is 0 Å². The molecule has 6 rings (SSSR count). The van der Waals surface area contributed by atoms with Crippen molar-refractivity contribution < 1.29 is 43.8 Å². The van der Waals surface area contributed by atoms with Gasteiger partial charge in [0, 0.05) is 83.0 Å². The van der Waals surface area contributed by atoms with Crippen molar-refractivity contribution in [2.45, 2.75) is 80.9 Å². The molecule has 14 unspecified atom stereocenters. The van der Waals surface area contributed by atoms with Crippen LogP contribution in [0.15, 0.2) is 0 Å². The van der Waals surface area contributed by atoms with Crippen molar-refractivity contribution in [2.24, 2.45) is 34.5 Å². The fourth-order valence-electron chi connectivity index (χ4n) is 11.4. The molecule has 1 spiro atoms. The number of aliphatic hydroxyl groups excluding tert-OH is 2. The highest BCUT2D eigenvalue weighted by Crippen LogP contribution is 2.80. The first-order valence-corrected chi connectivity index (χ1v) is 13.7. The summed E-state index contributed by atoms with van der Waals surface area (Å²) >= 11 is 0. The summed E-state index contributed by atoms with van der Waals surface area (Å²) in [6.45, 7) is 5.12. The van der Waals surface area contributed by atoms with Gasteiger partial charge in [-0.1, -0.05) is 6.92 Å². The van der Waals surface area contributed by atoms with Gasteiger partial charge in [-0.25, -0.2) is 0 Å². The van der Waals surface area contributed by atoms with Gasteiger partial charge < -0.3 is 39.0 Å². The van der Waals surface area contributed by atoms with E-state index in [2.05, 4.69) is 11.8 Å². The molecule has 1 heterocycles. The first kappa shape index (κ1) is 26.4. The van der Waals surface area contributed by atoms with E-state index in [0.717, 1.165) is 0 Å². The first-order valence-electron chi connectivity index (χ1n) is 13.7. The lowest BCUT2D eigenvalue weighted by molar-refractivity contribution is -0.306. The molecule has 10 nitrogen and oxygen atoms in total. The Balaban J connectivity index is 1.69. The van der Waals surface area contributed by atoms with Gasteiger partial charge in [0.15, 0.2) is 5.60 Å². The number of piperidine rings is 1. The van der Waals surface area contributed by atoms with Gasteiger partial charge in [-0.05, 0) is 25.3 Å². The molecular formula is C27H43NO9. The zero-order valence-electron chi connectivity index (χ0n) is 22.8. The largest absolute Gasteiger partial charge is 0.456 e. The fraction of sp³-hybridized carbons (Fsp3) is 0.963. The highest BCUT2D eigenvalue weighted by atomic mass is 16.6. The average Bonchev–Trinajstić information content (AvgIpc) is 3.29. The summed E-state index contributed by atoms with van der Waals surface area (Å²) < 4.78 is 30.6. The van der Waals surface area contributed by atoms with Gasteiger partial charge in [0.05, 0.1) is 30.5 Å². The Labute approximate surface area is 218 Å². The standard InChI is InChI=1S/C27H43NO9/c1-7-28-11-24(12-33-3)16(30)8-17(34-4)26-14-9-25(32)10-15(14)27(37-13(2)29,22(31)23(25)36-6)18(21(26)28)19(35-5)20(24)26/h14-23,30-32H,7-12H2,1-6H3. The maximum Gasteiger partial charge on any atom is 0.303 e. The molecule has 0 amide bonds. The van der Waals surface area contributed by atoms with E-state index in [9.17, 15) is 20.1 Å². The summed E-state index contributed by atoms with van der Waals surface area (Å²) in [5.74, 6) is -1.53. The molecule has 0 aromatic heterocycles. The molecule has 14 atom stereocenters. The van der Waals surface area contributed by atoms with Crippen LogP contribution in [0.1, 0.15) is 33.1 Å². The lowest BCUT2D eigenvalue weighted by Crippen LogP contribution is -2.79. The number of likely N-dealkylation sites (tertiary alicyclic amines) is 1. The molecule has 0 aromatic carbocycles. The molecule has 210 valence electrons. The number of carbonyl (C=O) groups excluding carboxylic acids is 1. The van der Waals surface area contributed by atoms with Gasteiger partial charge >= 0.3 is 5.97 Å². The second-order valence-electron chi connectivity index (χ2n) is 12.6. The van der Waals surface area contributed by atoms with Gasteiger partial charge in [-0.3, -0.25) is 9.69 Å². The Kier molecular flexibility index (Phi) is 5.94. The summed E-state index contributed by atoms with van der Waals surface area (Å²) in [5, 5.41) is 35.8. The number of esters is 1. The Morgan fingerprint density at radius 3 is 2.32 bits per heavy atom. The van der Waals surface area contributed by atoms with E-state index in [1.54, 1.807) is 21.3 Å². The topological polar surface area (TPSA) is 127 Å². The van der Waals surface area contributed by atoms with Gasteiger partial charge in [0.1, 0.15) is 12.2 Å². The lowest BCUT2D eigenvalue weighted by Gasteiger charge is -2.70. The SMILES string of the molecule is CCN1CC2(COC)C(O)CC(OC)C34C5CC6(O)CC5C(OC(C)=O)(C(O)C6OC)C(C(OC)C23)C14. The van der Waals surface area contributed by atoms with Crippen LogP contribution in [-0.4, -0.2) is 122 Å². The van der Waals surface area contributed by atoms with E-state index < -0.39 is 58.3 Å².